The van der Waals surface area contributed by atoms with Gasteiger partial charge < -0.3 is 9.84 Å². The molecular weight excluding hydrogens is 360 g/mol. The van der Waals surface area contributed by atoms with Crippen molar-refractivity contribution in [3.8, 4) is 22.5 Å². The molecule has 0 fully saturated rings. The fourth-order valence-electron chi connectivity index (χ4n) is 2.81. The van der Waals surface area contributed by atoms with Gasteiger partial charge in [0, 0.05) is 17.3 Å². The number of hydrogen-bond donors (Lipinski definition) is 1. The summed E-state index contributed by atoms with van der Waals surface area (Å²) in [4.78, 5) is 12.8. The Morgan fingerprint density at radius 1 is 1.04 bits per heavy atom. The number of carbonyl (C=O) groups is 1. The Morgan fingerprint density at radius 2 is 1.81 bits per heavy atom. The molecule has 1 N–H and O–H groups in total. The number of nitrogens with zero attached hydrogens (tertiary/aromatic N) is 3. The molecule has 0 atom stereocenters. The molecule has 4 rings (SSSR count). The van der Waals surface area contributed by atoms with Crippen LogP contribution in [-0.2, 0) is 0 Å². The zero-order chi connectivity index (χ0) is 18.8. The van der Waals surface area contributed by atoms with Crippen molar-refractivity contribution in [2.75, 3.05) is 5.32 Å². The lowest BCUT2D eigenvalue weighted by Crippen LogP contribution is -2.11. The van der Waals surface area contributed by atoms with Gasteiger partial charge in [-0.3, -0.25) is 4.79 Å². The van der Waals surface area contributed by atoms with Crippen LogP contribution in [0.5, 0.6) is 0 Å². The number of nitrogens with one attached hydrogen (secondary N) is 1. The highest BCUT2D eigenvalue weighted by Crippen LogP contribution is 2.30. The minimum Gasteiger partial charge on any atom is -0.356 e. The third-order valence-electron chi connectivity index (χ3n) is 4.27. The van der Waals surface area contributed by atoms with Gasteiger partial charge in [0.1, 0.15) is 4.88 Å². The van der Waals surface area contributed by atoms with Crippen LogP contribution in [0.25, 0.3) is 22.5 Å². The van der Waals surface area contributed by atoms with E-state index >= 15 is 0 Å². The molecule has 6 nitrogen and oxygen atoms in total. The Balaban J connectivity index is 1.58. The van der Waals surface area contributed by atoms with Crippen molar-refractivity contribution < 1.29 is 9.32 Å². The molecule has 1 amide bonds. The van der Waals surface area contributed by atoms with Crippen LogP contribution in [0.3, 0.4) is 0 Å². The summed E-state index contributed by atoms with van der Waals surface area (Å²) in [5.74, 6) is 0.535. The second kappa shape index (κ2) is 7.13. The monoisotopic (exact) mass is 376 g/mol. The van der Waals surface area contributed by atoms with Crippen molar-refractivity contribution in [3.63, 3.8) is 0 Å². The molecule has 134 valence electrons. The number of benzene rings is 2. The van der Waals surface area contributed by atoms with Gasteiger partial charge in [-0.1, -0.05) is 33.9 Å². The van der Waals surface area contributed by atoms with Crippen molar-refractivity contribution in [2.45, 2.75) is 13.8 Å². The molecule has 0 saturated heterocycles. The maximum absolute atomic E-state index is 12.3. The van der Waals surface area contributed by atoms with Crippen molar-refractivity contribution in [1.29, 1.82) is 0 Å². The first-order valence-corrected chi connectivity index (χ1v) is 9.11. The van der Waals surface area contributed by atoms with Gasteiger partial charge in [-0.05, 0) is 60.3 Å². The highest BCUT2D eigenvalue weighted by atomic mass is 32.1. The summed E-state index contributed by atoms with van der Waals surface area (Å²) in [6.45, 7) is 3.83. The quantitative estimate of drug-likeness (QED) is 0.557. The van der Waals surface area contributed by atoms with Gasteiger partial charge in [0.2, 0.25) is 0 Å². The molecule has 4 aromatic rings. The average Bonchev–Trinajstić information content (AvgIpc) is 3.35. The first-order chi connectivity index (χ1) is 13.1. The van der Waals surface area contributed by atoms with Gasteiger partial charge in [-0.15, -0.1) is 5.10 Å². The highest BCUT2D eigenvalue weighted by Gasteiger charge is 2.13. The summed E-state index contributed by atoms with van der Waals surface area (Å²) in [7, 11) is 0. The van der Waals surface area contributed by atoms with Crippen LogP contribution in [0.2, 0.25) is 0 Å². The first-order valence-electron chi connectivity index (χ1n) is 8.34. The summed E-state index contributed by atoms with van der Waals surface area (Å²) < 4.78 is 9.05. The van der Waals surface area contributed by atoms with Gasteiger partial charge in [0.05, 0.1) is 11.9 Å². The van der Waals surface area contributed by atoms with Crippen LogP contribution in [0, 0.1) is 13.8 Å². The molecule has 0 spiro atoms. The van der Waals surface area contributed by atoms with E-state index < -0.39 is 0 Å². The lowest BCUT2D eigenvalue weighted by molar-refractivity contribution is 0.103. The smallest absolute Gasteiger partial charge is 0.269 e. The molecule has 0 unspecified atom stereocenters. The molecule has 0 bridgehead atoms. The molecule has 0 saturated carbocycles. The van der Waals surface area contributed by atoms with E-state index in [-0.39, 0.29) is 5.91 Å². The molecule has 0 radical (unpaired) electrons. The summed E-state index contributed by atoms with van der Waals surface area (Å²) in [5.41, 5.74) is 5.64. The maximum atomic E-state index is 12.3. The van der Waals surface area contributed by atoms with Crippen LogP contribution in [-0.4, -0.2) is 20.7 Å². The summed E-state index contributed by atoms with van der Waals surface area (Å²) >= 11 is 1.09. The van der Waals surface area contributed by atoms with Gasteiger partial charge in [0.25, 0.3) is 5.91 Å². The van der Waals surface area contributed by atoms with Crippen LogP contribution >= 0.6 is 11.5 Å². The summed E-state index contributed by atoms with van der Waals surface area (Å²) in [5, 5.41) is 10.5. The van der Waals surface area contributed by atoms with Crippen molar-refractivity contribution in [1.82, 2.24) is 14.7 Å². The molecule has 2 aromatic carbocycles. The second-order valence-corrected chi connectivity index (χ2v) is 6.88. The Kier molecular flexibility index (Phi) is 4.52. The molecular formula is C20H16N4O2S. The standard InChI is InChI=1S/C20H16N4O2S/c1-12-3-4-15(18-9-10-21-26-18)11-17(12)14-5-7-16(8-6-14)22-20(25)19-13(2)23-24-27-19/h3-11H,1-2H3,(H,22,25). The number of rotatable bonds is 4. The third-order valence-corrected chi connectivity index (χ3v) is 5.10. The molecule has 0 aliphatic carbocycles. The fourth-order valence-corrected chi connectivity index (χ4v) is 3.36. The van der Waals surface area contributed by atoms with E-state index in [4.69, 9.17) is 4.52 Å². The maximum Gasteiger partial charge on any atom is 0.269 e. The van der Waals surface area contributed by atoms with E-state index in [1.165, 1.54) is 0 Å². The van der Waals surface area contributed by atoms with Gasteiger partial charge in [-0.25, -0.2) is 0 Å². The predicted octanol–water partition coefficient (Wildman–Crippen LogP) is 4.73. The summed E-state index contributed by atoms with van der Waals surface area (Å²) in [6.07, 6.45) is 1.63. The SMILES string of the molecule is Cc1ccc(-c2ccno2)cc1-c1ccc(NC(=O)c2snnc2C)cc1. The normalized spacial score (nSPS) is 10.7. The molecule has 27 heavy (non-hydrogen) atoms. The number of aromatic nitrogens is 3. The molecule has 2 heterocycles. The number of aryl methyl sites for hydroxylation is 2. The number of anilines is 1. The van der Waals surface area contributed by atoms with Crippen LogP contribution in [0.4, 0.5) is 5.69 Å². The predicted molar refractivity (Wildman–Crippen MR) is 105 cm³/mol. The largest absolute Gasteiger partial charge is 0.356 e. The van der Waals surface area contributed by atoms with Gasteiger partial charge in [-0.2, -0.15) is 0 Å². The van der Waals surface area contributed by atoms with E-state index in [0.717, 1.165) is 45.2 Å². The summed E-state index contributed by atoms with van der Waals surface area (Å²) in [6, 6.07) is 15.7. The zero-order valence-electron chi connectivity index (χ0n) is 14.8. The van der Waals surface area contributed by atoms with Gasteiger partial charge >= 0.3 is 0 Å². The van der Waals surface area contributed by atoms with E-state index in [2.05, 4.69) is 39.1 Å². The van der Waals surface area contributed by atoms with E-state index in [1.807, 2.05) is 36.4 Å². The highest BCUT2D eigenvalue weighted by molar-refractivity contribution is 7.08. The lowest BCUT2D eigenvalue weighted by atomic mass is 9.97. The topological polar surface area (TPSA) is 80.9 Å². The lowest BCUT2D eigenvalue weighted by Gasteiger charge is -2.10. The minimum absolute atomic E-state index is 0.196. The van der Waals surface area contributed by atoms with E-state index in [9.17, 15) is 4.79 Å². The van der Waals surface area contributed by atoms with Crippen LogP contribution in [0.1, 0.15) is 20.9 Å². The van der Waals surface area contributed by atoms with Crippen LogP contribution in [0.15, 0.2) is 59.3 Å². The van der Waals surface area contributed by atoms with Crippen molar-refractivity contribution in [3.05, 3.63) is 70.9 Å². The number of amides is 1. The zero-order valence-corrected chi connectivity index (χ0v) is 15.6. The fraction of sp³-hybridized carbons (Fsp3) is 0.100. The Morgan fingerprint density at radius 3 is 2.48 bits per heavy atom. The van der Waals surface area contributed by atoms with E-state index in [0.29, 0.717) is 10.6 Å². The molecule has 0 aliphatic rings. The van der Waals surface area contributed by atoms with Crippen molar-refractivity contribution >= 4 is 23.1 Å². The Labute approximate surface area is 160 Å². The van der Waals surface area contributed by atoms with Crippen LogP contribution < -0.4 is 5.32 Å². The second-order valence-electron chi connectivity index (χ2n) is 6.13. The van der Waals surface area contributed by atoms with Gasteiger partial charge in [0.15, 0.2) is 5.76 Å². The number of hydrogen-bond acceptors (Lipinski definition) is 6. The molecule has 2 aromatic heterocycles. The first kappa shape index (κ1) is 17.1. The third kappa shape index (κ3) is 3.50. The number of carbonyl (C=O) groups excluding carboxylic acids is 1. The minimum atomic E-state index is -0.196. The Bertz CT molecular complexity index is 1090. The van der Waals surface area contributed by atoms with E-state index in [1.54, 1.807) is 13.1 Å². The van der Waals surface area contributed by atoms with Crippen molar-refractivity contribution in [2.24, 2.45) is 0 Å². The molecule has 7 heteroatoms. The molecule has 0 aliphatic heterocycles. The average molecular weight is 376 g/mol. The Hall–Kier alpha value is -3.32.